The van der Waals surface area contributed by atoms with Crippen LogP contribution in [-0.4, -0.2) is 30.2 Å². The average molecular weight is 365 g/mol. The minimum absolute atomic E-state index is 0.225. The molecule has 1 aliphatic heterocycles. The molecule has 27 heavy (non-hydrogen) atoms. The van der Waals surface area contributed by atoms with Gasteiger partial charge >= 0.3 is 0 Å². The molecule has 0 unspecified atom stereocenters. The van der Waals surface area contributed by atoms with Crippen LogP contribution in [0.1, 0.15) is 22.2 Å². The topological polar surface area (TPSA) is 61.1 Å². The number of rotatable bonds is 5. The standard InChI is InChI=1S/C21H19NO5/c23-20(16-7-3-1-4-8-16)22-13-19(15-25-18-9-5-2-6-10-18)26-21(27-22)17-11-12-24-14-17/h1-12,14,19,21H,13,15H2/t19-,21-/m0/s1. The van der Waals surface area contributed by atoms with E-state index in [0.717, 1.165) is 5.75 Å². The first-order valence-electron chi connectivity index (χ1n) is 8.69. The molecule has 2 heterocycles. The number of carbonyl (C=O) groups excluding carboxylic acids is 1. The molecule has 0 bridgehead atoms. The van der Waals surface area contributed by atoms with Crippen molar-refractivity contribution >= 4 is 5.91 Å². The highest BCUT2D eigenvalue weighted by molar-refractivity contribution is 5.93. The average Bonchev–Trinajstić information content (AvgIpc) is 3.28. The molecule has 0 radical (unpaired) electrons. The molecule has 6 nitrogen and oxygen atoms in total. The normalized spacial score (nSPS) is 19.6. The van der Waals surface area contributed by atoms with Gasteiger partial charge in [-0.1, -0.05) is 36.4 Å². The Labute approximate surface area is 156 Å². The molecule has 2 aromatic carbocycles. The van der Waals surface area contributed by atoms with Crippen molar-refractivity contribution < 1.29 is 23.5 Å². The zero-order chi connectivity index (χ0) is 18.5. The minimum atomic E-state index is -0.741. The zero-order valence-electron chi connectivity index (χ0n) is 14.6. The highest BCUT2D eigenvalue weighted by Crippen LogP contribution is 2.28. The summed E-state index contributed by atoms with van der Waals surface area (Å²) in [6.07, 6.45) is 1.98. The van der Waals surface area contributed by atoms with Crippen LogP contribution >= 0.6 is 0 Å². The maximum atomic E-state index is 12.8. The Bertz CT molecular complexity index is 851. The lowest BCUT2D eigenvalue weighted by Crippen LogP contribution is -2.47. The summed E-state index contributed by atoms with van der Waals surface area (Å²) in [5.41, 5.74) is 1.25. The van der Waals surface area contributed by atoms with Gasteiger partial charge in [0.15, 0.2) is 0 Å². The Morgan fingerprint density at radius 1 is 1.04 bits per heavy atom. The smallest absolute Gasteiger partial charge is 0.277 e. The largest absolute Gasteiger partial charge is 0.491 e. The van der Waals surface area contributed by atoms with Gasteiger partial charge in [0.2, 0.25) is 6.29 Å². The highest BCUT2D eigenvalue weighted by Gasteiger charge is 2.34. The molecule has 3 aromatic rings. The predicted octanol–water partition coefficient (Wildman–Crippen LogP) is 3.83. The molecule has 0 aliphatic carbocycles. The fraction of sp³-hybridized carbons (Fsp3) is 0.190. The van der Waals surface area contributed by atoms with Crippen LogP contribution in [-0.2, 0) is 9.57 Å². The van der Waals surface area contributed by atoms with Crippen LogP contribution in [0, 0.1) is 0 Å². The molecule has 1 aliphatic rings. The van der Waals surface area contributed by atoms with Crippen LogP contribution in [0.15, 0.2) is 83.7 Å². The molecule has 0 saturated carbocycles. The van der Waals surface area contributed by atoms with Crippen molar-refractivity contribution in [2.75, 3.05) is 13.2 Å². The molecule has 0 spiro atoms. The molecule has 4 rings (SSSR count). The molecule has 1 aromatic heterocycles. The van der Waals surface area contributed by atoms with E-state index in [1.54, 1.807) is 18.2 Å². The summed E-state index contributed by atoms with van der Waals surface area (Å²) in [6, 6.07) is 20.2. The summed E-state index contributed by atoms with van der Waals surface area (Å²) < 4.78 is 16.9. The number of hydrogen-bond acceptors (Lipinski definition) is 5. The Kier molecular flexibility index (Phi) is 5.18. The van der Waals surface area contributed by atoms with Gasteiger partial charge < -0.3 is 13.9 Å². The van der Waals surface area contributed by atoms with Crippen molar-refractivity contribution in [3.8, 4) is 5.75 Å². The van der Waals surface area contributed by atoms with Crippen molar-refractivity contribution in [2.24, 2.45) is 0 Å². The maximum Gasteiger partial charge on any atom is 0.277 e. The summed E-state index contributed by atoms with van der Waals surface area (Å²) in [4.78, 5) is 18.6. The van der Waals surface area contributed by atoms with E-state index in [2.05, 4.69) is 0 Å². The first kappa shape index (κ1) is 17.3. The maximum absolute atomic E-state index is 12.8. The molecule has 1 amide bonds. The third kappa shape index (κ3) is 4.19. The Morgan fingerprint density at radius 2 is 1.78 bits per heavy atom. The van der Waals surface area contributed by atoms with E-state index < -0.39 is 6.29 Å². The third-order valence-electron chi connectivity index (χ3n) is 4.15. The van der Waals surface area contributed by atoms with Crippen LogP contribution < -0.4 is 4.74 Å². The van der Waals surface area contributed by atoms with Gasteiger partial charge in [0.25, 0.3) is 5.91 Å². The van der Waals surface area contributed by atoms with Crippen molar-refractivity contribution in [2.45, 2.75) is 12.4 Å². The van der Waals surface area contributed by atoms with Crippen LogP contribution in [0.3, 0.4) is 0 Å². The van der Waals surface area contributed by atoms with Gasteiger partial charge in [-0.05, 0) is 30.3 Å². The van der Waals surface area contributed by atoms with Crippen LogP contribution in [0.5, 0.6) is 5.75 Å². The molecular weight excluding hydrogens is 346 g/mol. The second-order valence-electron chi connectivity index (χ2n) is 6.11. The second-order valence-corrected chi connectivity index (χ2v) is 6.11. The van der Waals surface area contributed by atoms with Gasteiger partial charge in [-0.25, -0.2) is 9.90 Å². The van der Waals surface area contributed by atoms with Gasteiger partial charge in [0.05, 0.1) is 19.1 Å². The lowest BCUT2D eigenvalue weighted by molar-refractivity contribution is -0.325. The molecule has 2 atom stereocenters. The molecular formula is C21H19NO5. The van der Waals surface area contributed by atoms with Gasteiger partial charge in [0.1, 0.15) is 18.5 Å². The zero-order valence-corrected chi connectivity index (χ0v) is 14.6. The van der Waals surface area contributed by atoms with Crippen molar-refractivity contribution in [1.29, 1.82) is 0 Å². The molecule has 1 saturated heterocycles. The number of para-hydroxylation sites is 1. The highest BCUT2D eigenvalue weighted by atomic mass is 16.8. The van der Waals surface area contributed by atoms with E-state index in [9.17, 15) is 4.79 Å². The van der Waals surface area contributed by atoms with Crippen LogP contribution in [0.4, 0.5) is 0 Å². The number of furan rings is 1. The summed E-state index contributed by atoms with van der Waals surface area (Å²) in [6.45, 7) is 0.551. The summed E-state index contributed by atoms with van der Waals surface area (Å²) in [5, 5.41) is 1.33. The monoisotopic (exact) mass is 365 g/mol. The number of carbonyl (C=O) groups is 1. The van der Waals surface area contributed by atoms with E-state index in [1.165, 1.54) is 17.6 Å². The van der Waals surface area contributed by atoms with Crippen LogP contribution in [0.25, 0.3) is 0 Å². The molecule has 0 N–H and O–H groups in total. The lowest BCUT2D eigenvalue weighted by atomic mass is 10.2. The predicted molar refractivity (Wildman–Crippen MR) is 96.8 cm³/mol. The van der Waals surface area contributed by atoms with E-state index in [4.69, 9.17) is 18.7 Å². The van der Waals surface area contributed by atoms with Gasteiger partial charge in [-0.2, -0.15) is 0 Å². The molecule has 6 heteroatoms. The lowest BCUT2D eigenvalue weighted by Gasteiger charge is -2.36. The SMILES string of the molecule is O=C(c1ccccc1)N1C[C@@H](COc2ccccc2)O[C@H](c2ccoc2)O1. The number of hydroxylamine groups is 2. The Balaban J connectivity index is 1.50. The summed E-state index contributed by atoms with van der Waals surface area (Å²) >= 11 is 0. The molecule has 138 valence electrons. The van der Waals surface area contributed by atoms with Crippen molar-refractivity contribution in [1.82, 2.24) is 5.06 Å². The Hall–Kier alpha value is -3.09. The molecule has 1 fully saturated rings. The van der Waals surface area contributed by atoms with E-state index in [0.29, 0.717) is 17.7 Å². The fourth-order valence-electron chi connectivity index (χ4n) is 2.79. The number of nitrogens with zero attached hydrogens (tertiary/aromatic N) is 1. The number of benzene rings is 2. The summed E-state index contributed by atoms with van der Waals surface area (Å²) in [5.74, 6) is 0.519. The number of hydrogen-bond donors (Lipinski definition) is 0. The van der Waals surface area contributed by atoms with Gasteiger partial charge in [0, 0.05) is 11.1 Å². The van der Waals surface area contributed by atoms with Gasteiger partial charge in [-0.15, -0.1) is 0 Å². The number of ether oxygens (including phenoxy) is 2. The van der Waals surface area contributed by atoms with E-state index in [1.807, 2.05) is 48.5 Å². The van der Waals surface area contributed by atoms with Crippen molar-refractivity contribution in [3.63, 3.8) is 0 Å². The van der Waals surface area contributed by atoms with E-state index >= 15 is 0 Å². The third-order valence-corrected chi connectivity index (χ3v) is 4.15. The first-order valence-corrected chi connectivity index (χ1v) is 8.69. The van der Waals surface area contributed by atoms with Gasteiger partial charge in [-0.3, -0.25) is 4.79 Å². The minimum Gasteiger partial charge on any atom is -0.491 e. The number of amides is 1. The van der Waals surface area contributed by atoms with Crippen molar-refractivity contribution in [3.05, 3.63) is 90.4 Å². The summed E-state index contributed by atoms with van der Waals surface area (Å²) in [7, 11) is 0. The fourth-order valence-corrected chi connectivity index (χ4v) is 2.79. The quantitative estimate of drug-likeness (QED) is 0.688. The Morgan fingerprint density at radius 3 is 2.48 bits per heavy atom. The van der Waals surface area contributed by atoms with Crippen LogP contribution in [0.2, 0.25) is 0 Å². The van der Waals surface area contributed by atoms with E-state index in [-0.39, 0.29) is 18.6 Å². The second kappa shape index (κ2) is 8.07. The first-order chi connectivity index (χ1) is 13.3.